The highest BCUT2D eigenvalue weighted by molar-refractivity contribution is 6.34. The molecule has 0 radical (unpaired) electrons. The fraction of sp³-hybridized carbons (Fsp3) is 0.375. The number of nitrogens with one attached hydrogen (secondary N) is 1. The molecule has 5 heteroatoms. The third kappa shape index (κ3) is 4.30. The molecule has 4 saturated carbocycles. The smallest absolute Gasteiger partial charge is 0.266 e. The molecule has 1 N–H and O–H groups in total. The van der Waals surface area contributed by atoms with E-state index < -0.39 is 5.91 Å². The van der Waals surface area contributed by atoms with E-state index in [4.69, 9.17) is 11.6 Å². The zero-order valence-electron chi connectivity index (χ0n) is 21.4. The van der Waals surface area contributed by atoms with Crippen LogP contribution >= 0.6 is 11.6 Å². The van der Waals surface area contributed by atoms with Gasteiger partial charge in [0.05, 0.1) is 10.7 Å². The molecule has 4 nitrogen and oxygen atoms in total. The molecular weight excluding hydrogens is 478 g/mol. The first-order valence-electron chi connectivity index (χ1n) is 13.3. The van der Waals surface area contributed by atoms with Crippen LogP contribution < -0.4 is 5.32 Å². The number of aryl methyl sites for hydroxylation is 1. The second-order valence-corrected chi connectivity index (χ2v) is 11.9. The van der Waals surface area contributed by atoms with Crippen molar-refractivity contribution in [2.75, 3.05) is 5.32 Å². The molecule has 0 atom stereocenters. The molecule has 2 aromatic carbocycles. The van der Waals surface area contributed by atoms with Gasteiger partial charge < -0.3 is 9.88 Å². The van der Waals surface area contributed by atoms with E-state index >= 15 is 0 Å². The molecular formula is C32H32ClN3O. The van der Waals surface area contributed by atoms with Crippen molar-refractivity contribution in [3.05, 3.63) is 87.7 Å². The molecule has 0 spiro atoms. The highest BCUT2D eigenvalue weighted by atomic mass is 35.5. The minimum atomic E-state index is -0.472. The molecule has 4 aliphatic carbocycles. The maximum Gasteiger partial charge on any atom is 0.266 e. The molecule has 0 saturated heterocycles. The Hall–Kier alpha value is -3.29. The Morgan fingerprint density at radius 1 is 1.03 bits per heavy atom. The van der Waals surface area contributed by atoms with Crippen molar-refractivity contribution in [2.45, 2.75) is 57.8 Å². The summed E-state index contributed by atoms with van der Waals surface area (Å²) in [6.07, 6.45) is 10.1. The first-order valence-corrected chi connectivity index (χ1v) is 13.7. The molecule has 4 bridgehead atoms. The van der Waals surface area contributed by atoms with E-state index in [1.807, 2.05) is 13.0 Å². The number of carbonyl (C=O) groups excluding carboxylic acids is 1. The second kappa shape index (κ2) is 9.23. The van der Waals surface area contributed by atoms with E-state index in [1.54, 1.807) is 30.3 Å². The van der Waals surface area contributed by atoms with Crippen molar-refractivity contribution in [1.29, 1.82) is 5.26 Å². The summed E-state index contributed by atoms with van der Waals surface area (Å²) < 4.78 is 2.20. The van der Waals surface area contributed by atoms with E-state index in [9.17, 15) is 10.1 Å². The normalized spacial score (nSPS) is 26.2. The van der Waals surface area contributed by atoms with Crippen LogP contribution in [0.15, 0.2) is 60.2 Å². The number of hydrogen-bond acceptors (Lipinski definition) is 2. The monoisotopic (exact) mass is 509 g/mol. The van der Waals surface area contributed by atoms with Gasteiger partial charge in [-0.15, -0.1) is 0 Å². The summed E-state index contributed by atoms with van der Waals surface area (Å²) in [5, 5.41) is 12.9. The van der Waals surface area contributed by atoms with E-state index in [1.165, 1.54) is 44.1 Å². The number of nitrogens with zero attached hydrogens (tertiary/aromatic N) is 2. The average molecular weight is 510 g/mol. The van der Waals surface area contributed by atoms with Gasteiger partial charge in [0, 0.05) is 17.1 Å². The van der Waals surface area contributed by atoms with Gasteiger partial charge in [-0.05, 0) is 123 Å². The number of anilines is 1. The lowest BCUT2D eigenvalue weighted by Crippen LogP contribution is -2.48. The van der Waals surface area contributed by atoms with Crippen LogP contribution in [-0.4, -0.2) is 10.5 Å². The molecule has 0 unspecified atom stereocenters. The molecule has 1 amide bonds. The van der Waals surface area contributed by atoms with Gasteiger partial charge in [0.1, 0.15) is 11.6 Å². The Bertz CT molecular complexity index is 1400. The summed E-state index contributed by atoms with van der Waals surface area (Å²) in [4.78, 5) is 12.8. The van der Waals surface area contributed by atoms with Crippen LogP contribution in [0.5, 0.6) is 0 Å². The van der Waals surface area contributed by atoms with E-state index in [0.717, 1.165) is 40.4 Å². The number of aromatic nitrogens is 1. The van der Waals surface area contributed by atoms with Crippen LogP contribution in [0.3, 0.4) is 0 Å². The van der Waals surface area contributed by atoms with Crippen molar-refractivity contribution >= 4 is 29.3 Å². The molecule has 4 aliphatic rings. The van der Waals surface area contributed by atoms with E-state index in [-0.39, 0.29) is 5.57 Å². The fourth-order valence-electron chi connectivity index (χ4n) is 7.82. The van der Waals surface area contributed by atoms with Gasteiger partial charge in [0.25, 0.3) is 5.91 Å². The number of carbonyl (C=O) groups is 1. The zero-order chi connectivity index (χ0) is 25.7. The van der Waals surface area contributed by atoms with Crippen LogP contribution in [0.4, 0.5) is 5.69 Å². The Morgan fingerprint density at radius 3 is 2.24 bits per heavy atom. The van der Waals surface area contributed by atoms with E-state index in [0.29, 0.717) is 16.1 Å². The third-order valence-electron chi connectivity index (χ3n) is 9.03. The Labute approximate surface area is 224 Å². The van der Waals surface area contributed by atoms with Crippen LogP contribution in [0, 0.1) is 42.9 Å². The highest BCUT2D eigenvalue weighted by Crippen LogP contribution is 2.60. The number of para-hydroxylation sites is 1. The number of rotatable bonds is 5. The lowest BCUT2D eigenvalue weighted by atomic mass is 9.48. The number of hydrogen-bond donors (Lipinski definition) is 1. The molecule has 1 heterocycles. The quantitative estimate of drug-likeness (QED) is 0.282. The van der Waals surface area contributed by atoms with Gasteiger partial charge in [0.15, 0.2) is 0 Å². The molecule has 7 rings (SSSR count). The van der Waals surface area contributed by atoms with Gasteiger partial charge in [0.2, 0.25) is 0 Å². The maximum absolute atomic E-state index is 12.8. The standard InChI is InChI=1S/C32H32ClN3O/c1-20-11-25(15-26(19-34)31(37)35-30-6-4-3-5-29(30)33)21(2)36(20)28-9-7-27(8-10-28)32-16-22-12-23(17-32)14-24(13-22)18-32/h3-11,15,22-24H,12-14,16-18H2,1-2H3,(H,35,37)/b26-15-. The van der Waals surface area contributed by atoms with Crippen molar-refractivity contribution < 1.29 is 4.79 Å². The third-order valence-corrected chi connectivity index (χ3v) is 9.36. The predicted octanol–water partition coefficient (Wildman–Crippen LogP) is 7.76. The number of halogens is 1. The Balaban J connectivity index is 1.26. The SMILES string of the molecule is Cc1cc(/C=C(/C#N)C(=O)Nc2ccccc2Cl)c(C)n1-c1ccc(C23CC4CC(CC(C4)C2)C3)cc1. The van der Waals surface area contributed by atoms with Gasteiger partial charge >= 0.3 is 0 Å². The van der Waals surface area contributed by atoms with Crippen molar-refractivity contribution in [3.63, 3.8) is 0 Å². The average Bonchev–Trinajstić information content (AvgIpc) is 3.15. The summed E-state index contributed by atoms with van der Waals surface area (Å²) in [5.41, 5.74) is 6.46. The summed E-state index contributed by atoms with van der Waals surface area (Å²) >= 11 is 6.17. The van der Waals surface area contributed by atoms with E-state index in [2.05, 4.69) is 47.1 Å². The number of benzene rings is 2. The molecule has 188 valence electrons. The predicted molar refractivity (Wildman–Crippen MR) is 149 cm³/mol. The molecule has 4 fully saturated rings. The largest absolute Gasteiger partial charge is 0.320 e. The minimum Gasteiger partial charge on any atom is -0.320 e. The minimum absolute atomic E-state index is 0.0392. The van der Waals surface area contributed by atoms with Crippen LogP contribution in [-0.2, 0) is 10.2 Å². The first kappa shape index (κ1) is 24.1. The molecule has 37 heavy (non-hydrogen) atoms. The van der Waals surface area contributed by atoms with Crippen molar-refractivity contribution in [2.24, 2.45) is 17.8 Å². The van der Waals surface area contributed by atoms with Gasteiger partial charge in [-0.3, -0.25) is 4.79 Å². The topological polar surface area (TPSA) is 57.8 Å². The number of amides is 1. The van der Waals surface area contributed by atoms with Crippen molar-refractivity contribution in [3.8, 4) is 11.8 Å². The summed E-state index contributed by atoms with van der Waals surface area (Å²) in [5.74, 6) is 2.32. The van der Waals surface area contributed by atoms with Gasteiger partial charge in [-0.25, -0.2) is 0 Å². The zero-order valence-corrected chi connectivity index (χ0v) is 22.2. The molecule has 1 aromatic heterocycles. The molecule has 3 aromatic rings. The fourth-order valence-corrected chi connectivity index (χ4v) is 8.00. The summed E-state index contributed by atoms with van der Waals surface area (Å²) in [7, 11) is 0. The summed E-state index contributed by atoms with van der Waals surface area (Å²) in [6.45, 7) is 4.10. The van der Waals surface area contributed by atoms with Crippen LogP contribution in [0.2, 0.25) is 5.02 Å². The van der Waals surface area contributed by atoms with Gasteiger partial charge in [-0.2, -0.15) is 5.26 Å². The van der Waals surface area contributed by atoms with Gasteiger partial charge in [-0.1, -0.05) is 35.9 Å². The lowest BCUT2D eigenvalue weighted by molar-refractivity contribution is -0.112. The lowest BCUT2D eigenvalue weighted by Gasteiger charge is -2.57. The van der Waals surface area contributed by atoms with Crippen molar-refractivity contribution in [1.82, 2.24) is 4.57 Å². The highest BCUT2D eigenvalue weighted by Gasteiger charge is 2.51. The number of nitriles is 1. The Kier molecular flexibility index (Phi) is 6.00. The van der Waals surface area contributed by atoms with Crippen LogP contribution in [0.25, 0.3) is 11.8 Å². The maximum atomic E-state index is 12.8. The summed E-state index contributed by atoms with van der Waals surface area (Å²) in [6, 6.07) is 20.3. The second-order valence-electron chi connectivity index (χ2n) is 11.5. The first-order chi connectivity index (χ1) is 17.8. The molecule has 0 aliphatic heterocycles. The Morgan fingerprint density at radius 2 is 1.65 bits per heavy atom. The van der Waals surface area contributed by atoms with Crippen LogP contribution in [0.1, 0.15) is 61.0 Å².